The van der Waals surface area contributed by atoms with E-state index in [0.29, 0.717) is 56.6 Å². The van der Waals surface area contributed by atoms with Crippen molar-refractivity contribution >= 4 is 68.6 Å². The van der Waals surface area contributed by atoms with Crippen molar-refractivity contribution in [1.82, 2.24) is 30.2 Å². The minimum Gasteiger partial charge on any atom is -0.444 e. The number of carbonyl (C=O) groups excluding carboxylic acids is 7. The number of hydrogen-bond acceptors (Lipinski definition) is 9. The first kappa shape index (κ1) is 54.6. The highest BCUT2D eigenvalue weighted by molar-refractivity contribution is 9.08. The molecule has 0 spiro atoms. The molecule has 2 unspecified atom stereocenters. The third-order valence-corrected chi connectivity index (χ3v) is 13.8. The summed E-state index contributed by atoms with van der Waals surface area (Å²) in [5, 5.41) is 5.63. The summed E-state index contributed by atoms with van der Waals surface area (Å²) in [6.07, 6.45) is 6.90. The van der Waals surface area contributed by atoms with Crippen LogP contribution < -0.4 is 10.6 Å². The van der Waals surface area contributed by atoms with E-state index in [1.807, 2.05) is 75.4 Å². The Balaban J connectivity index is 0.000000199. The molecular formula is C57H67BrN6O8. The minimum atomic E-state index is -0.614. The molecule has 15 heteroatoms. The van der Waals surface area contributed by atoms with Gasteiger partial charge < -0.3 is 19.4 Å². The van der Waals surface area contributed by atoms with E-state index in [4.69, 9.17) is 4.74 Å². The fraction of sp³-hybridized carbons (Fsp3) is 0.386. The van der Waals surface area contributed by atoms with E-state index in [2.05, 4.69) is 80.0 Å². The van der Waals surface area contributed by atoms with E-state index < -0.39 is 23.6 Å². The molecule has 0 radical (unpaired) electrons. The Bertz CT molecular complexity index is 2730. The Labute approximate surface area is 432 Å². The number of nitrogens with one attached hydrogen (secondary N) is 2. The van der Waals surface area contributed by atoms with E-state index in [0.717, 1.165) is 59.2 Å². The Morgan fingerprint density at radius 3 is 1.50 bits per heavy atom. The molecule has 0 saturated carbocycles. The van der Waals surface area contributed by atoms with Gasteiger partial charge in [0.05, 0.1) is 0 Å². The molecule has 380 valence electrons. The van der Waals surface area contributed by atoms with Crippen LogP contribution in [0.2, 0.25) is 0 Å². The molecular weight excluding hydrogens is 977 g/mol. The zero-order valence-electron chi connectivity index (χ0n) is 39.9. The lowest BCUT2D eigenvalue weighted by Crippen LogP contribution is -2.52. The number of alkyl halides is 1. The van der Waals surface area contributed by atoms with Crippen LogP contribution >= 0.6 is 15.9 Å². The number of piperidine rings is 2. The second kappa shape index (κ2) is 24.1. The van der Waals surface area contributed by atoms with Gasteiger partial charge in [0.15, 0.2) is 0 Å². The van der Waals surface area contributed by atoms with E-state index in [1.54, 1.807) is 20.8 Å². The first-order chi connectivity index (χ1) is 33.6. The molecule has 0 aromatic heterocycles. The van der Waals surface area contributed by atoms with Gasteiger partial charge in [0, 0.05) is 75.1 Å². The lowest BCUT2D eigenvalue weighted by atomic mass is 9.96. The van der Waals surface area contributed by atoms with Crippen molar-refractivity contribution in [1.29, 1.82) is 0 Å². The number of carbonyl (C=O) groups is 7. The SMILES string of the molecule is BrCc1ccccc1.C.C.CC(C)(C)OC(=O)N1CC=C(c2ccc3c(c2)CN(C2CCC(=O)NC2=O)C3=O)CC1.O=C1CCC(N2Cc3cc(C4=CCN(Cc5ccccc5)CC4)ccc3C2=O)C(=O)N1. The monoisotopic (exact) mass is 1040 g/mol. The number of hydrogen-bond donors (Lipinski definition) is 2. The summed E-state index contributed by atoms with van der Waals surface area (Å²) in [7, 11) is 0. The predicted octanol–water partition coefficient (Wildman–Crippen LogP) is 9.06. The highest BCUT2D eigenvalue weighted by atomic mass is 79.9. The third kappa shape index (κ3) is 13.2. The van der Waals surface area contributed by atoms with Gasteiger partial charge in [0.1, 0.15) is 17.7 Å². The van der Waals surface area contributed by atoms with Gasteiger partial charge in [0.25, 0.3) is 11.8 Å². The number of halogens is 1. The quantitative estimate of drug-likeness (QED) is 0.136. The third-order valence-electron chi connectivity index (χ3n) is 13.2. The molecule has 2 saturated heterocycles. The number of amides is 7. The molecule has 6 aliphatic rings. The zero-order chi connectivity index (χ0) is 49.5. The molecule has 7 amide bonds. The van der Waals surface area contributed by atoms with Crippen LogP contribution in [0.5, 0.6) is 0 Å². The average Bonchev–Trinajstić information content (AvgIpc) is 3.86. The second-order valence-electron chi connectivity index (χ2n) is 19.3. The van der Waals surface area contributed by atoms with Gasteiger partial charge in [-0.3, -0.25) is 44.3 Å². The Morgan fingerprint density at radius 1 is 0.625 bits per heavy atom. The molecule has 72 heavy (non-hydrogen) atoms. The number of ether oxygens (including phenoxy) is 1. The zero-order valence-corrected chi connectivity index (χ0v) is 41.5. The Kier molecular flexibility index (Phi) is 18.3. The maximum absolute atomic E-state index is 12.9. The van der Waals surface area contributed by atoms with Crippen molar-refractivity contribution in [3.63, 3.8) is 0 Å². The standard InChI is InChI=1S/C25H25N3O3.C23H27N3O5.C7H7Br.2CH4/c29-23-9-8-22(24(30)26-23)28-16-20-14-19(6-7-21(20)25(28)31)18-10-12-27(13-11-18)15-17-4-2-1-3-5-17;1-23(2,3)31-22(30)25-10-8-14(9-11-25)15-4-5-17-16(12-15)13-26(21(17)29)18-6-7-19(27)24-20(18)28;8-6-7-4-2-1-3-5-7;;/h1-7,10,14,22H,8-9,11-13,15-16H2,(H,26,29,30);4-5,8,12,18H,6-7,9-11,13H2,1-3H3,(H,24,27,28);1-5H,6H2;2*1H4. The van der Waals surface area contributed by atoms with Gasteiger partial charge in [0.2, 0.25) is 23.6 Å². The summed E-state index contributed by atoms with van der Waals surface area (Å²) in [6.45, 7) is 10.2. The van der Waals surface area contributed by atoms with Crippen molar-refractivity contribution in [2.24, 2.45) is 0 Å². The number of imide groups is 2. The molecule has 0 aliphatic carbocycles. The topological polar surface area (TPSA) is 166 Å². The highest BCUT2D eigenvalue weighted by Crippen LogP contribution is 2.34. The normalized spacial score (nSPS) is 19.6. The van der Waals surface area contributed by atoms with Gasteiger partial charge in [-0.2, -0.15) is 0 Å². The lowest BCUT2D eigenvalue weighted by molar-refractivity contribution is -0.138. The van der Waals surface area contributed by atoms with Gasteiger partial charge in [-0.15, -0.1) is 0 Å². The van der Waals surface area contributed by atoms with Crippen LogP contribution in [0.15, 0.2) is 109 Å². The van der Waals surface area contributed by atoms with Gasteiger partial charge in [-0.1, -0.05) is 116 Å². The molecule has 2 N–H and O–H groups in total. The summed E-state index contributed by atoms with van der Waals surface area (Å²) in [5.74, 6) is -1.64. The Morgan fingerprint density at radius 2 is 1.10 bits per heavy atom. The molecule has 14 nitrogen and oxygen atoms in total. The van der Waals surface area contributed by atoms with Crippen molar-refractivity contribution in [3.8, 4) is 0 Å². The molecule has 2 fully saturated rings. The summed E-state index contributed by atoms with van der Waals surface area (Å²) < 4.78 is 5.44. The van der Waals surface area contributed by atoms with Crippen LogP contribution in [0.1, 0.15) is 128 Å². The van der Waals surface area contributed by atoms with Crippen molar-refractivity contribution in [2.45, 2.75) is 117 Å². The van der Waals surface area contributed by atoms with Gasteiger partial charge >= 0.3 is 6.09 Å². The second-order valence-corrected chi connectivity index (χ2v) is 19.8. The first-order valence-corrected chi connectivity index (χ1v) is 25.0. The first-order valence-electron chi connectivity index (χ1n) is 23.9. The minimum absolute atomic E-state index is 0. The Hall–Kier alpha value is -6.71. The predicted molar refractivity (Wildman–Crippen MR) is 282 cm³/mol. The molecule has 6 heterocycles. The van der Waals surface area contributed by atoms with Crippen LogP contribution in [0.25, 0.3) is 11.1 Å². The molecule has 2 atom stereocenters. The maximum Gasteiger partial charge on any atom is 0.410 e. The van der Waals surface area contributed by atoms with Crippen molar-refractivity contribution in [3.05, 3.63) is 154 Å². The molecule has 4 aromatic rings. The largest absolute Gasteiger partial charge is 0.444 e. The number of benzene rings is 4. The fourth-order valence-electron chi connectivity index (χ4n) is 9.50. The fourth-order valence-corrected chi connectivity index (χ4v) is 9.87. The average molecular weight is 1040 g/mol. The van der Waals surface area contributed by atoms with E-state index in [-0.39, 0.29) is 63.3 Å². The highest BCUT2D eigenvalue weighted by Gasteiger charge is 2.41. The molecule has 0 bridgehead atoms. The molecule has 6 aliphatic heterocycles. The smallest absolute Gasteiger partial charge is 0.410 e. The van der Waals surface area contributed by atoms with E-state index >= 15 is 0 Å². The van der Waals surface area contributed by atoms with Crippen LogP contribution in [0.4, 0.5) is 4.79 Å². The van der Waals surface area contributed by atoms with Crippen LogP contribution in [0.3, 0.4) is 0 Å². The van der Waals surface area contributed by atoms with E-state index in [9.17, 15) is 33.6 Å². The van der Waals surface area contributed by atoms with E-state index in [1.165, 1.54) is 16.7 Å². The van der Waals surface area contributed by atoms with Gasteiger partial charge in [-0.05, 0) is 115 Å². The van der Waals surface area contributed by atoms with Gasteiger partial charge in [-0.25, -0.2) is 4.79 Å². The van der Waals surface area contributed by atoms with Crippen molar-refractivity contribution < 1.29 is 38.3 Å². The summed E-state index contributed by atoms with van der Waals surface area (Å²) in [5.41, 5.74) is 9.81. The molecule has 4 aromatic carbocycles. The summed E-state index contributed by atoms with van der Waals surface area (Å²) in [6, 6.07) is 31.3. The summed E-state index contributed by atoms with van der Waals surface area (Å²) >= 11 is 3.36. The van der Waals surface area contributed by atoms with Crippen molar-refractivity contribution in [2.75, 3.05) is 26.2 Å². The van der Waals surface area contributed by atoms with Crippen LogP contribution in [0, 0.1) is 0 Å². The number of nitrogens with zero attached hydrogens (tertiary/aromatic N) is 4. The number of fused-ring (bicyclic) bond motifs is 2. The maximum atomic E-state index is 12.9. The van der Waals surface area contributed by atoms with Crippen LogP contribution in [-0.2, 0) is 48.9 Å². The lowest BCUT2D eigenvalue weighted by Gasteiger charge is -2.29. The molecule has 10 rings (SSSR count). The van der Waals surface area contributed by atoms with Crippen LogP contribution in [-0.4, -0.2) is 105 Å². The summed E-state index contributed by atoms with van der Waals surface area (Å²) in [4.78, 5) is 92.5. The number of rotatable bonds is 7.